The fourth-order valence-corrected chi connectivity index (χ4v) is 11.3. The molecule has 11 heteroatoms. The Bertz CT molecular complexity index is 1000. The van der Waals surface area contributed by atoms with Gasteiger partial charge in [0.25, 0.3) is 0 Å². The summed E-state index contributed by atoms with van der Waals surface area (Å²) >= 11 is 0. The van der Waals surface area contributed by atoms with Crippen LogP contribution in [0.1, 0.15) is 41.4 Å². The van der Waals surface area contributed by atoms with Crippen LogP contribution in [0.25, 0.3) is 0 Å². The molecule has 2 rings (SSSR count). The molecule has 0 atom stereocenters. The number of aromatic carboxylic acids is 4. The molecule has 0 spiro atoms. The first-order chi connectivity index (χ1) is 14.2. The van der Waals surface area contributed by atoms with Crippen molar-refractivity contribution in [3.8, 4) is 0 Å². The molecule has 2 aromatic rings. The smallest absolute Gasteiger partial charge is 0.336 e. The minimum Gasteiger partial charge on any atom is -0.478 e. The standard InChI is InChI=1S/C20H22O9Si2/c1-30(2,11-5-7-13(17(21)22)15(9-11)19(25)26)29-31(3,4)12-6-8-14(18(23)24)16(10-12)20(27)28/h5-10H,1-4H3,(H,21,22)(H,23,24)(H,25,26)(H,27,28). The molecule has 9 nitrogen and oxygen atoms in total. The van der Waals surface area contributed by atoms with Crippen LogP contribution in [-0.2, 0) is 4.12 Å². The lowest BCUT2D eigenvalue weighted by Crippen LogP contribution is -2.58. The number of benzene rings is 2. The number of carbonyl (C=O) groups is 4. The molecule has 0 fully saturated rings. The van der Waals surface area contributed by atoms with E-state index >= 15 is 0 Å². The molecule has 31 heavy (non-hydrogen) atoms. The number of hydrogen-bond acceptors (Lipinski definition) is 5. The number of rotatable bonds is 8. The summed E-state index contributed by atoms with van der Waals surface area (Å²) in [6, 6.07) is 8.14. The summed E-state index contributed by atoms with van der Waals surface area (Å²) in [4.78, 5) is 45.6. The number of hydrogen-bond donors (Lipinski definition) is 4. The molecule has 0 aliphatic heterocycles. The van der Waals surface area contributed by atoms with Gasteiger partial charge in [0.15, 0.2) is 0 Å². The summed E-state index contributed by atoms with van der Waals surface area (Å²) in [5.74, 6) is -5.43. The Morgan fingerprint density at radius 3 is 1.13 bits per heavy atom. The van der Waals surface area contributed by atoms with Crippen molar-refractivity contribution in [2.75, 3.05) is 0 Å². The Labute approximate surface area is 179 Å². The number of carboxylic acids is 4. The monoisotopic (exact) mass is 462 g/mol. The minimum absolute atomic E-state index is 0.326. The summed E-state index contributed by atoms with van der Waals surface area (Å²) in [5.41, 5.74) is -1.33. The van der Waals surface area contributed by atoms with Crippen molar-refractivity contribution in [2.24, 2.45) is 0 Å². The van der Waals surface area contributed by atoms with Crippen LogP contribution >= 0.6 is 0 Å². The van der Waals surface area contributed by atoms with Gasteiger partial charge in [-0.2, -0.15) is 0 Å². The third-order valence-electron chi connectivity index (χ3n) is 4.86. The summed E-state index contributed by atoms with van der Waals surface area (Å²) in [7, 11) is -5.54. The van der Waals surface area contributed by atoms with E-state index < -0.39 is 40.5 Å². The predicted molar refractivity (Wildman–Crippen MR) is 116 cm³/mol. The molecule has 164 valence electrons. The van der Waals surface area contributed by atoms with Crippen LogP contribution < -0.4 is 10.4 Å². The van der Waals surface area contributed by atoms with Gasteiger partial charge in [-0.1, -0.05) is 12.1 Å². The molecule has 0 aromatic heterocycles. The van der Waals surface area contributed by atoms with Gasteiger partial charge in [0.1, 0.15) is 0 Å². The molecule has 0 saturated heterocycles. The Balaban J connectivity index is 2.49. The van der Waals surface area contributed by atoms with Crippen LogP contribution in [0.3, 0.4) is 0 Å². The molecule has 2 aromatic carbocycles. The van der Waals surface area contributed by atoms with E-state index in [1.54, 1.807) is 0 Å². The first kappa shape index (κ1) is 24.0. The van der Waals surface area contributed by atoms with Gasteiger partial charge >= 0.3 is 23.9 Å². The van der Waals surface area contributed by atoms with E-state index in [1.165, 1.54) is 36.4 Å². The van der Waals surface area contributed by atoms with Gasteiger partial charge in [0.2, 0.25) is 16.6 Å². The highest BCUT2D eigenvalue weighted by molar-refractivity contribution is 6.96. The zero-order chi connectivity index (χ0) is 23.7. The summed E-state index contributed by atoms with van der Waals surface area (Å²) < 4.78 is 6.46. The summed E-state index contributed by atoms with van der Waals surface area (Å²) in [6.07, 6.45) is 0. The Kier molecular flexibility index (Phi) is 6.54. The largest absolute Gasteiger partial charge is 0.478 e. The highest BCUT2D eigenvalue weighted by Crippen LogP contribution is 2.19. The molecule has 0 aliphatic rings. The van der Waals surface area contributed by atoms with E-state index in [-0.39, 0.29) is 22.3 Å². The summed E-state index contributed by atoms with van der Waals surface area (Å²) in [6.45, 7) is 7.31. The quantitative estimate of drug-likeness (QED) is 0.431. The maximum atomic E-state index is 11.5. The number of carboxylic acid groups (broad SMARTS) is 4. The third kappa shape index (κ3) is 5.07. The molecule has 0 heterocycles. The van der Waals surface area contributed by atoms with Gasteiger partial charge in [-0.3, -0.25) is 0 Å². The molecule has 4 N–H and O–H groups in total. The molecule has 0 amide bonds. The molecular formula is C20H22O9Si2. The maximum Gasteiger partial charge on any atom is 0.336 e. The fraction of sp³-hybridized carbons (Fsp3) is 0.200. The van der Waals surface area contributed by atoms with Crippen molar-refractivity contribution >= 4 is 50.9 Å². The van der Waals surface area contributed by atoms with Crippen LogP contribution in [0.2, 0.25) is 26.2 Å². The lowest BCUT2D eigenvalue weighted by Gasteiger charge is -2.35. The van der Waals surface area contributed by atoms with E-state index in [1.807, 2.05) is 26.2 Å². The van der Waals surface area contributed by atoms with Crippen molar-refractivity contribution < 1.29 is 43.7 Å². The molecule has 0 saturated carbocycles. The first-order valence-corrected chi connectivity index (χ1v) is 14.9. The van der Waals surface area contributed by atoms with Crippen LogP contribution in [0.5, 0.6) is 0 Å². The summed E-state index contributed by atoms with van der Waals surface area (Å²) in [5, 5.41) is 38.3. The van der Waals surface area contributed by atoms with Crippen molar-refractivity contribution in [1.82, 2.24) is 0 Å². The Morgan fingerprint density at radius 1 is 0.581 bits per heavy atom. The lowest BCUT2D eigenvalue weighted by molar-refractivity contribution is 0.0651. The first-order valence-electron chi connectivity index (χ1n) is 9.10. The minimum atomic E-state index is -2.77. The van der Waals surface area contributed by atoms with E-state index in [4.69, 9.17) is 4.12 Å². The van der Waals surface area contributed by atoms with Crippen LogP contribution in [-0.4, -0.2) is 60.9 Å². The van der Waals surface area contributed by atoms with Gasteiger partial charge in [-0.05, 0) is 60.8 Å². The lowest BCUT2D eigenvalue weighted by atomic mass is 10.1. The van der Waals surface area contributed by atoms with Gasteiger partial charge in [0.05, 0.1) is 22.3 Å². The molecule has 0 unspecified atom stereocenters. The highest BCUT2D eigenvalue weighted by atomic mass is 28.4. The average Bonchev–Trinajstić information content (AvgIpc) is 2.65. The Hall–Kier alpha value is -3.29. The van der Waals surface area contributed by atoms with E-state index in [0.29, 0.717) is 10.4 Å². The second kappa shape index (κ2) is 8.45. The zero-order valence-corrected chi connectivity index (χ0v) is 19.3. The highest BCUT2D eigenvalue weighted by Gasteiger charge is 2.37. The van der Waals surface area contributed by atoms with Crippen LogP contribution in [0.4, 0.5) is 0 Å². The second-order valence-electron chi connectivity index (χ2n) is 7.86. The van der Waals surface area contributed by atoms with Crippen molar-refractivity contribution in [2.45, 2.75) is 26.2 Å². The van der Waals surface area contributed by atoms with Crippen LogP contribution in [0, 0.1) is 0 Å². The second-order valence-corrected chi connectivity index (χ2v) is 15.9. The van der Waals surface area contributed by atoms with Gasteiger partial charge in [0, 0.05) is 0 Å². The van der Waals surface area contributed by atoms with Crippen molar-refractivity contribution in [3.63, 3.8) is 0 Å². The molecule has 0 radical (unpaired) electrons. The van der Waals surface area contributed by atoms with Crippen molar-refractivity contribution in [3.05, 3.63) is 58.7 Å². The topological polar surface area (TPSA) is 158 Å². The normalized spacial score (nSPS) is 11.7. The third-order valence-corrected chi connectivity index (χ3v) is 12.3. The van der Waals surface area contributed by atoms with Crippen LogP contribution in [0.15, 0.2) is 36.4 Å². The molecule has 0 bridgehead atoms. The predicted octanol–water partition coefficient (Wildman–Crippen LogP) is 2.02. The molecule has 0 aliphatic carbocycles. The SMILES string of the molecule is C[Si](C)(O[Si](C)(C)c1ccc(C(=O)O)c(C(=O)O)c1)c1ccc(C(=O)O)c(C(=O)O)c1. The van der Waals surface area contributed by atoms with E-state index in [2.05, 4.69) is 0 Å². The zero-order valence-electron chi connectivity index (χ0n) is 17.3. The van der Waals surface area contributed by atoms with Gasteiger partial charge in [-0.25, -0.2) is 19.2 Å². The van der Waals surface area contributed by atoms with Gasteiger partial charge in [-0.15, -0.1) is 0 Å². The van der Waals surface area contributed by atoms with E-state index in [9.17, 15) is 39.6 Å². The average molecular weight is 463 g/mol. The fourth-order valence-electron chi connectivity index (χ4n) is 3.32. The van der Waals surface area contributed by atoms with Gasteiger partial charge < -0.3 is 24.5 Å². The molecular weight excluding hydrogens is 440 g/mol. The Morgan fingerprint density at radius 2 is 0.871 bits per heavy atom. The maximum absolute atomic E-state index is 11.5. The van der Waals surface area contributed by atoms with Crippen molar-refractivity contribution in [1.29, 1.82) is 0 Å². The van der Waals surface area contributed by atoms with E-state index in [0.717, 1.165) is 0 Å².